The van der Waals surface area contributed by atoms with Crippen molar-refractivity contribution in [3.63, 3.8) is 0 Å². The molecule has 0 heterocycles. The van der Waals surface area contributed by atoms with E-state index in [1.807, 2.05) is 12.1 Å². The van der Waals surface area contributed by atoms with Crippen LogP contribution < -0.4 is 5.73 Å². The molecular formula is C16H18BrN. The van der Waals surface area contributed by atoms with Gasteiger partial charge in [0.1, 0.15) is 0 Å². The van der Waals surface area contributed by atoms with Crippen LogP contribution in [0.2, 0.25) is 0 Å². The number of halogens is 1. The minimum absolute atomic E-state index is 0.0678. The lowest BCUT2D eigenvalue weighted by atomic mass is 9.92. The molecule has 2 rings (SSSR count). The molecular weight excluding hydrogens is 286 g/mol. The highest BCUT2D eigenvalue weighted by atomic mass is 79.9. The number of hydrogen-bond acceptors (Lipinski definition) is 1. The Kier molecular flexibility index (Phi) is 3.88. The first-order valence-corrected chi connectivity index (χ1v) is 6.87. The zero-order valence-electron chi connectivity index (χ0n) is 11.0. The van der Waals surface area contributed by atoms with Crippen LogP contribution in [0, 0.1) is 20.8 Å². The number of rotatable bonds is 2. The third-order valence-electron chi connectivity index (χ3n) is 3.43. The zero-order valence-corrected chi connectivity index (χ0v) is 12.6. The van der Waals surface area contributed by atoms with Crippen LogP contribution in [0.3, 0.4) is 0 Å². The van der Waals surface area contributed by atoms with E-state index in [-0.39, 0.29) is 6.04 Å². The predicted octanol–water partition coefficient (Wildman–Crippen LogP) is 4.42. The molecule has 0 saturated heterocycles. The van der Waals surface area contributed by atoms with Gasteiger partial charge in [-0.1, -0.05) is 40.2 Å². The Morgan fingerprint density at radius 3 is 2.28 bits per heavy atom. The summed E-state index contributed by atoms with van der Waals surface area (Å²) in [6.07, 6.45) is 0. The van der Waals surface area contributed by atoms with E-state index in [9.17, 15) is 0 Å². The Hall–Kier alpha value is -1.12. The second-order valence-corrected chi connectivity index (χ2v) is 5.74. The molecule has 0 bridgehead atoms. The van der Waals surface area contributed by atoms with E-state index < -0.39 is 0 Å². The molecule has 0 spiro atoms. The van der Waals surface area contributed by atoms with Gasteiger partial charge in [0, 0.05) is 4.47 Å². The monoisotopic (exact) mass is 303 g/mol. The molecule has 18 heavy (non-hydrogen) atoms. The number of hydrogen-bond donors (Lipinski definition) is 1. The molecule has 0 aliphatic rings. The highest BCUT2D eigenvalue weighted by molar-refractivity contribution is 9.10. The molecule has 0 radical (unpaired) electrons. The largest absolute Gasteiger partial charge is 0.320 e. The molecule has 2 aromatic rings. The Morgan fingerprint density at radius 2 is 1.61 bits per heavy atom. The Labute approximate surface area is 117 Å². The van der Waals surface area contributed by atoms with Crippen LogP contribution in [0.4, 0.5) is 0 Å². The molecule has 1 nitrogen and oxygen atoms in total. The fourth-order valence-corrected chi connectivity index (χ4v) is 2.61. The highest BCUT2D eigenvalue weighted by Gasteiger charge is 2.12. The second kappa shape index (κ2) is 5.25. The smallest absolute Gasteiger partial charge is 0.0554 e. The van der Waals surface area contributed by atoms with E-state index in [0.717, 1.165) is 10.0 Å². The van der Waals surface area contributed by atoms with Gasteiger partial charge in [-0.05, 0) is 60.7 Å². The molecule has 1 atom stereocenters. The Morgan fingerprint density at radius 1 is 0.944 bits per heavy atom. The van der Waals surface area contributed by atoms with Crippen LogP contribution in [0.15, 0.2) is 40.9 Å². The van der Waals surface area contributed by atoms with Crippen LogP contribution in [-0.2, 0) is 0 Å². The number of nitrogens with two attached hydrogens (primary N) is 1. The molecule has 0 aromatic heterocycles. The summed E-state index contributed by atoms with van der Waals surface area (Å²) in [5, 5.41) is 0. The SMILES string of the molecule is Cc1cc(C)c(C(N)c2cccc(Br)c2)cc1C. The van der Waals surface area contributed by atoms with Crippen LogP contribution in [0.25, 0.3) is 0 Å². The molecule has 2 heteroatoms. The van der Waals surface area contributed by atoms with Crippen molar-refractivity contribution in [3.8, 4) is 0 Å². The second-order valence-electron chi connectivity index (χ2n) is 4.83. The van der Waals surface area contributed by atoms with Crippen LogP contribution in [-0.4, -0.2) is 0 Å². The third kappa shape index (κ3) is 2.65. The Balaban J connectivity index is 2.46. The standard InChI is InChI=1S/C16H18BrN/c1-10-7-12(3)15(8-11(10)2)16(18)13-5-4-6-14(17)9-13/h4-9,16H,18H2,1-3H3. The van der Waals surface area contributed by atoms with Gasteiger partial charge in [-0.25, -0.2) is 0 Å². The van der Waals surface area contributed by atoms with E-state index in [4.69, 9.17) is 5.73 Å². The molecule has 0 amide bonds. The molecule has 0 saturated carbocycles. The van der Waals surface area contributed by atoms with Crippen molar-refractivity contribution in [3.05, 3.63) is 68.7 Å². The summed E-state index contributed by atoms with van der Waals surface area (Å²) in [4.78, 5) is 0. The lowest BCUT2D eigenvalue weighted by molar-refractivity contribution is 0.857. The van der Waals surface area contributed by atoms with Crippen LogP contribution in [0.5, 0.6) is 0 Å². The lowest BCUT2D eigenvalue weighted by Crippen LogP contribution is -2.13. The number of benzene rings is 2. The molecule has 2 aromatic carbocycles. The van der Waals surface area contributed by atoms with E-state index in [2.05, 4.69) is 61.0 Å². The van der Waals surface area contributed by atoms with Gasteiger partial charge < -0.3 is 5.73 Å². The summed E-state index contributed by atoms with van der Waals surface area (Å²) in [7, 11) is 0. The highest BCUT2D eigenvalue weighted by Crippen LogP contribution is 2.26. The molecule has 2 N–H and O–H groups in total. The van der Waals surface area contributed by atoms with Gasteiger partial charge in [-0.3, -0.25) is 0 Å². The lowest BCUT2D eigenvalue weighted by Gasteiger charge is -2.17. The van der Waals surface area contributed by atoms with Crippen LogP contribution >= 0.6 is 15.9 Å². The number of aryl methyl sites for hydroxylation is 3. The summed E-state index contributed by atoms with van der Waals surface area (Å²) in [5.74, 6) is 0. The van der Waals surface area contributed by atoms with Gasteiger partial charge in [0.25, 0.3) is 0 Å². The maximum absolute atomic E-state index is 6.38. The van der Waals surface area contributed by atoms with Gasteiger partial charge in [0.15, 0.2) is 0 Å². The van der Waals surface area contributed by atoms with Crippen molar-refractivity contribution in [2.24, 2.45) is 5.73 Å². The van der Waals surface area contributed by atoms with Gasteiger partial charge in [-0.15, -0.1) is 0 Å². The van der Waals surface area contributed by atoms with Gasteiger partial charge >= 0.3 is 0 Å². The normalized spacial score (nSPS) is 12.5. The molecule has 0 aliphatic carbocycles. The summed E-state index contributed by atoms with van der Waals surface area (Å²) in [6.45, 7) is 6.39. The average Bonchev–Trinajstić information content (AvgIpc) is 2.33. The molecule has 0 aliphatic heterocycles. The maximum atomic E-state index is 6.38. The van der Waals surface area contributed by atoms with Crippen molar-refractivity contribution >= 4 is 15.9 Å². The van der Waals surface area contributed by atoms with E-state index in [1.165, 1.54) is 22.3 Å². The third-order valence-corrected chi connectivity index (χ3v) is 3.92. The predicted molar refractivity (Wildman–Crippen MR) is 80.8 cm³/mol. The summed E-state index contributed by atoms with van der Waals surface area (Å²) >= 11 is 3.49. The van der Waals surface area contributed by atoms with Crippen LogP contribution in [0.1, 0.15) is 33.9 Å². The quantitative estimate of drug-likeness (QED) is 0.873. The fourth-order valence-electron chi connectivity index (χ4n) is 2.20. The Bertz CT molecular complexity index is 575. The topological polar surface area (TPSA) is 26.0 Å². The first-order valence-electron chi connectivity index (χ1n) is 6.08. The van der Waals surface area contributed by atoms with E-state index >= 15 is 0 Å². The summed E-state index contributed by atoms with van der Waals surface area (Å²) < 4.78 is 1.07. The van der Waals surface area contributed by atoms with Crippen molar-refractivity contribution in [2.75, 3.05) is 0 Å². The van der Waals surface area contributed by atoms with Crippen molar-refractivity contribution < 1.29 is 0 Å². The first-order chi connectivity index (χ1) is 8.49. The molecule has 94 valence electrons. The van der Waals surface area contributed by atoms with Gasteiger partial charge in [0.05, 0.1) is 6.04 Å². The van der Waals surface area contributed by atoms with Crippen molar-refractivity contribution in [2.45, 2.75) is 26.8 Å². The molecule has 0 fully saturated rings. The maximum Gasteiger partial charge on any atom is 0.0554 e. The van der Waals surface area contributed by atoms with E-state index in [0.29, 0.717) is 0 Å². The zero-order chi connectivity index (χ0) is 13.3. The first kappa shape index (κ1) is 13.3. The minimum Gasteiger partial charge on any atom is -0.320 e. The van der Waals surface area contributed by atoms with Crippen molar-refractivity contribution in [1.82, 2.24) is 0 Å². The van der Waals surface area contributed by atoms with Gasteiger partial charge in [0.2, 0.25) is 0 Å². The van der Waals surface area contributed by atoms with Gasteiger partial charge in [-0.2, -0.15) is 0 Å². The molecule has 1 unspecified atom stereocenters. The minimum atomic E-state index is -0.0678. The van der Waals surface area contributed by atoms with E-state index in [1.54, 1.807) is 0 Å². The summed E-state index contributed by atoms with van der Waals surface area (Å²) in [6, 6.07) is 12.5. The van der Waals surface area contributed by atoms with Crippen molar-refractivity contribution in [1.29, 1.82) is 0 Å². The summed E-state index contributed by atoms with van der Waals surface area (Å²) in [5.41, 5.74) is 12.6. The fraction of sp³-hybridized carbons (Fsp3) is 0.250. The average molecular weight is 304 g/mol.